The van der Waals surface area contributed by atoms with E-state index in [0.29, 0.717) is 22.1 Å². The highest BCUT2D eigenvalue weighted by atomic mass is 16.7. The molecule has 0 aliphatic carbocycles. The van der Waals surface area contributed by atoms with Gasteiger partial charge in [-0.2, -0.15) is 0 Å². The molecule has 64 valence electrons. The number of hydrogen-bond acceptors (Lipinski definition) is 3. The lowest BCUT2D eigenvalue weighted by molar-refractivity contribution is -0.115. The molecule has 0 saturated heterocycles. The van der Waals surface area contributed by atoms with Gasteiger partial charge in [0.25, 0.3) is 0 Å². The van der Waals surface area contributed by atoms with Gasteiger partial charge in [-0.15, -0.1) is 0 Å². The Balaban J connectivity index is 2.56. The lowest BCUT2D eigenvalue weighted by Gasteiger charge is -2.13. The second-order valence-electron chi connectivity index (χ2n) is 2.80. The topological polar surface area (TPSA) is 47.9 Å². The summed E-state index contributed by atoms with van der Waals surface area (Å²) in [6.45, 7) is 0.0903. The van der Waals surface area contributed by atoms with Gasteiger partial charge in [0.1, 0.15) is 5.75 Å². The first-order valence-electron chi connectivity index (χ1n) is 3.88. The van der Waals surface area contributed by atoms with Crippen molar-refractivity contribution in [1.82, 2.24) is 0 Å². The van der Waals surface area contributed by atoms with Crippen molar-refractivity contribution in [3.63, 3.8) is 0 Å². The van der Waals surface area contributed by atoms with Gasteiger partial charge in [-0.3, -0.25) is 4.79 Å². The minimum atomic E-state index is -0.314. The van der Waals surface area contributed by atoms with Crippen LogP contribution in [0.2, 0.25) is 0 Å². The Morgan fingerprint density at radius 2 is 2.23 bits per heavy atom. The number of rotatable bonds is 0. The summed E-state index contributed by atoms with van der Waals surface area (Å²) >= 11 is 0. The van der Waals surface area contributed by atoms with Crippen molar-refractivity contribution in [1.29, 1.82) is 0 Å². The molecule has 2 heterocycles. The Kier molecular flexibility index (Phi) is 1.07. The maximum Gasteiger partial charge on any atom is 0.313 e. The van der Waals surface area contributed by atoms with Gasteiger partial charge in [0.15, 0.2) is 0 Å². The molecule has 0 radical (unpaired) electrons. The fourth-order valence-electron chi connectivity index (χ4n) is 1.51. The van der Waals surface area contributed by atoms with Crippen molar-refractivity contribution in [2.24, 2.45) is 4.99 Å². The van der Waals surface area contributed by atoms with Gasteiger partial charge in [-0.25, -0.2) is 4.99 Å². The highest BCUT2D eigenvalue weighted by Gasteiger charge is 2.23. The number of carbonyl (C=O) groups excluding carboxylic acids is 1. The van der Waals surface area contributed by atoms with E-state index < -0.39 is 0 Å². The second-order valence-corrected chi connectivity index (χ2v) is 2.80. The molecule has 1 aromatic carbocycles. The first kappa shape index (κ1) is 6.65. The Bertz CT molecular complexity index is 518. The van der Waals surface area contributed by atoms with Gasteiger partial charge in [0.2, 0.25) is 12.6 Å². The number of ether oxygens (including phenoxy) is 2. The Labute approximate surface area is 73.1 Å². The Morgan fingerprint density at radius 1 is 1.31 bits per heavy atom. The summed E-state index contributed by atoms with van der Waals surface area (Å²) in [5, 5.41) is 1.33. The van der Waals surface area contributed by atoms with Crippen molar-refractivity contribution in [3.8, 4) is 5.75 Å². The lowest BCUT2D eigenvalue weighted by Crippen LogP contribution is -2.30. The molecule has 2 aliphatic heterocycles. The molecule has 0 unspecified atom stereocenters. The van der Waals surface area contributed by atoms with Crippen LogP contribution in [0.15, 0.2) is 23.2 Å². The third kappa shape index (κ3) is 0.744. The SMILES string of the molecule is O=C1N=c2cccc3c2=C1OCO3. The zero-order chi connectivity index (χ0) is 8.84. The van der Waals surface area contributed by atoms with E-state index in [1.165, 1.54) is 0 Å². The molecule has 3 rings (SSSR count). The summed E-state index contributed by atoms with van der Waals surface area (Å²) in [6, 6.07) is 5.37. The summed E-state index contributed by atoms with van der Waals surface area (Å²) < 4.78 is 10.3. The quantitative estimate of drug-likeness (QED) is 0.525. The summed E-state index contributed by atoms with van der Waals surface area (Å²) in [5.74, 6) is 0.677. The molecule has 0 N–H and O–H groups in total. The van der Waals surface area contributed by atoms with Crippen LogP contribution < -0.4 is 15.3 Å². The van der Waals surface area contributed by atoms with Crippen molar-refractivity contribution < 1.29 is 14.3 Å². The van der Waals surface area contributed by atoms with Gasteiger partial charge < -0.3 is 9.47 Å². The van der Waals surface area contributed by atoms with Crippen LogP contribution in [0.3, 0.4) is 0 Å². The van der Waals surface area contributed by atoms with E-state index >= 15 is 0 Å². The standard InChI is InChI=1S/C9H5NO3/c11-9-8-7-5(10-9)2-1-3-6(7)12-4-13-8/h1-3H,4H2. The van der Waals surface area contributed by atoms with Crippen molar-refractivity contribution in [3.05, 3.63) is 28.8 Å². The number of benzene rings is 1. The molecule has 0 fully saturated rings. The van der Waals surface area contributed by atoms with E-state index in [9.17, 15) is 4.79 Å². The van der Waals surface area contributed by atoms with E-state index in [1.807, 2.05) is 0 Å². The van der Waals surface area contributed by atoms with Gasteiger partial charge in [0, 0.05) is 0 Å². The van der Waals surface area contributed by atoms with E-state index in [1.54, 1.807) is 18.2 Å². The highest BCUT2D eigenvalue weighted by Crippen LogP contribution is 2.13. The minimum absolute atomic E-state index is 0.0903. The summed E-state index contributed by atoms with van der Waals surface area (Å²) in [5.41, 5.74) is 0. The maximum atomic E-state index is 11.3. The fourth-order valence-corrected chi connectivity index (χ4v) is 1.51. The first-order valence-corrected chi connectivity index (χ1v) is 3.88. The zero-order valence-electron chi connectivity index (χ0n) is 6.61. The number of nitrogens with zero attached hydrogens (tertiary/aromatic N) is 1. The Hall–Kier alpha value is -1.84. The van der Waals surface area contributed by atoms with Gasteiger partial charge in [0.05, 0.1) is 10.6 Å². The molecule has 1 aromatic rings. The van der Waals surface area contributed by atoms with Crippen molar-refractivity contribution >= 4 is 11.7 Å². The lowest BCUT2D eigenvalue weighted by atomic mass is 10.2. The molecular weight excluding hydrogens is 170 g/mol. The van der Waals surface area contributed by atoms with E-state index in [-0.39, 0.29) is 12.7 Å². The molecule has 1 amide bonds. The zero-order valence-corrected chi connectivity index (χ0v) is 6.61. The van der Waals surface area contributed by atoms with Crippen LogP contribution in [0, 0.1) is 0 Å². The van der Waals surface area contributed by atoms with Crippen LogP contribution in [0.5, 0.6) is 5.75 Å². The van der Waals surface area contributed by atoms with Crippen LogP contribution in [-0.4, -0.2) is 12.7 Å². The predicted molar refractivity (Wildman–Crippen MR) is 42.2 cm³/mol. The molecule has 0 atom stereocenters. The molecule has 4 nitrogen and oxygen atoms in total. The number of hydrogen-bond donors (Lipinski definition) is 0. The summed E-state index contributed by atoms with van der Waals surface area (Å²) in [4.78, 5) is 15.1. The van der Waals surface area contributed by atoms with Gasteiger partial charge in [-0.05, 0) is 12.1 Å². The average molecular weight is 175 g/mol. The molecule has 13 heavy (non-hydrogen) atoms. The molecule has 4 heteroatoms. The molecule has 0 spiro atoms. The molecule has 0 saturated carbocycles. The van der Waals surface area contributed by atoms with Crippen LogP contribution in [0.4, 0.5) is 0 Å². The van der Waals surface area contributed by atoms with E-state index in [0.717, 1.165) is 0 Å². The van der Waals surface area contributed by atoms with E-state index in [4.69, 9.17) is 9.47 Å². The second kappa shape index (κ2) is 2.10. The normalized spacial score (nSPS) is 17.2. The number of amides is 1. The smallest absolute Gasteiger partial charge is 0.313 e. The van der Waals surface area contributed by atoms with Crippen molar-refractivity contribution in [2.75, 3.05) is 6.79 Å². The monoisotopic (exact) mass is 175 g/mol. The fraction of sp³-hybridized carbons (Fsp3) is 0.111. The first-order chi connectivity index (χ1) is 6.36. The third-order valence-corrected chi connectivity index (χ3v) is 2.07. The summed E-state index contributed by atoms with van der Waals surface area (Å²) in [7, 11) is 0. The third-order valence-electron chi connectivity index (χ3n) is 2.07. The summed E-state index contributed by atoms with van der Waals surface area (Å²) in [6.07, 6.45) is 0. The largest absolute Gasteiger partial charge is 0.457 e. The predicted octanol–water partition coefficient (Wildman–Crippen LogP) is -0.679. The molecule has 0 aromatic heterocycles. The number of carbonyl (C=O) groups is 1. The van der Waals surface area contributed by atoms with Crippen molar-refractivity contribution in [2.45, 2.75) is 0 Å². The highest BCUT2D eigenvalue weighted by molar-refractivity contribution is 6.12. The van der Waals surface area contributed by atoms with Crippen LogP contribution >= 0.6 is 0 Å². The molecule has 0 bridgehead atoms. The van der Waals surface area contributed by atoms with Gasteiger partial charge >= 0.3 is 5.91 Å². The average Bonchev–Trinajstić information content (AvgIpc) is 2.47. The Morgan fingerprint density at radius 3 is 3.15 bits per heavy atom. The minimum Gasteiger partial charge on any atom is -0.457 e. The maximum absolute atomic E-state index is 11.3. The van der Waals surface area contributed by atoms with Gasteiger partial charge in [-0.1, -0.05) is 6.07 Å². The molecular formula is C9H5NO3. The van der Waals surface area contributed by atoms with E-state index in [2.05, 4.69) is 4.99 Å². The molecule has 2 aliphatic rings. The van der Waals surface area contributed by atoms with Crippen LogP contribution in [-0.2, 0) is 9.53 Å². The van der Waals surface area contributed by atoms with Crippen LogP contribution in [0.25, 0.3) is 5.76 Å². The van der Waals surface area contributed by atoms with Crippen LogP contribution in [0.1, 0.15) is 0 Å².